The Morgan fingerprint density at radius 3 is 0.774 bits per heavy atom. The predicted molar refractivity (Wildman–Crippen MR) is 290 cm³/mol. The van der Waals surface area contributed by atoms with Crippen molar-refractivity contribution in [2.45, 2.75) is 263 Å². The van der Waals surface area contributed by atoms with Crippen LogP contribution in [0, 0.1) is 68.0 Å². The minimum atomic E-state index is -1.68. The molecule has 3 atom stereocenters. The van der Waals surface area contributed by atoms with E-state index in [1.807, 2.05) is 55.4 Å². The number of hydrogen-bond acceptors (Lipinski definition) is 3. The SMILES string of the molecule is C=S1(=O)CCC(C(C)(C)C)C1.CC.CC.CC.CC.CC(C)(C)C1CC1.CC(C)(C)C1CCC1.CC(C)(C)C1CCCC1.CC(C)(C)C1CCOC1.CC(C)(C)C1CCOCC1. The minimum Gasteiger partial charge on any atom is -0.381 e. The summed E-state index contributed by atoms with van der Waals surface area (Å²) in [6, 6.07) is 0. The van der Waals surface area contributed by atoms with Crippen LogP contribution in [0.15, 0.2) is 0 Å². The Hall–Kier alpha value is -0.0600. The molecule has 380 valence electrons. The van der Waals surface area contributed by atoms with Crippen LogP contribution in [-0.2, 0) is 19.0 Å². The largest absolute Gasteiger partial charge is 0.381 e. The summed E-state index contributed by atoms with van der Waals surface area (Å²) in [5.41, 5.74) is 3.05. The van der Waals surface area contributed by atoms with E-state index in [4.69, 9.17) is 9.47 Å². The van der Waals surface area contributed by atoms with Gasteiger partial charge in [-0.3, -0.25) is 4.21 Å². The maximum absolute atomic E-state index is 11.5. The monoisotopic (exact) mass is 901 g/mol. The lowest BCUT2D eigenvalue weighted by molar-refractivity contribution is 0.0286. The average Bonchev–Trinajstić information content (AvgIpc) is 3.48. The van der Waals surface area contributed by atoms with Crippen molar-refractivity contribution in [1.82, 2.24) is 0 Å². The molecular formula is C58H124O3S. The topological polar surface area (TPSA) is 35.5 Å². The van der Waals surface area contributed by atoms with Gasteiger partial charge in [0.25, 0.3) is 0 Å². The third kappa shape index (κ3) is 34.3. The first kappa shape index (κ1) is 68.5. The van der Waals surface area contributed by atoms with Crippen molar-refractivity contribution in [1.29, 1.82) is 0 Å². The van der Waals surface area contributed by atoms with Crippen molar-refractivity contribution in [3.63, 3.8) is 0 Å². The summed E-state index contributed by atoms with van der Waals surface area (Å²) >= 11 is 0. The zero-order valence-corrected chi connectivity index (χ0v) is 49.1. The zero-order valence-electron chi connectivity index (χ0n) is 48.2. The molecule has 6 fully saturated rings. The van der Waals surface area contributed by atoms with Gasteiger partial charge >= 0.3 is 0 Å². The van der Waals surface area contributed by atoms with Crippen LogP contribution in [0.25, 0.3) is 0 Å². The standard InChI is InChI=1S/C9H18OS.C9H18O.C9H18.C8H16O.C8H16.C7H14.4C2H6/c1-9(2,3)8-5-6-11(4,10)7-8;1-9(2,3)8-4-6-10-7-5-8;1-9(2,3)8-6-4-5-7-8;1-8(2,3)7-4-5-9-6-7;1-8(2,3)7-5-4-6-7;1-7(2,3)6-4-5-6;4*1-2/h8H,4-7H2,1-3H3;8H,4-7H2,1-3H3;8H,4-7H2,1-3H3;7H,4-6H2,1-3H3;7H,4-6H2,1-3H3;6H,4-5H2,1-3H3;4*1-2H3. The van der Waals surface area contributed by atoms with Gasteiger partial charge in [-0.05, 0) is 148 Å². The molecule has 0 radical (unpaired) electrons. The highest BCUT2D eigenvalue weighted by atomic mass is 32.2. The van der Waals surface area contributed by atoms with Gasteiger partial charge < -0.3 is 9.47 Å². The van der Waals surface area contributed by atoms with Crippen molar-refractivity contribution < 1.29 is 13.7 Å². The molecule has 3 heterocycles. The molecule has 0 bridgehead atoms. The number of hydrogen-bond donors (Lipinski definition) is 0. The number of ether oxygens (including phenoxy) is 2. The molecule has 62 heavy (non-hydrogen) atoms. The van der Waals surface area contributed by atoms with Crippen LogP contribution in [0.3, 0.4) is 0 Å². The number of rotatable bonds is 0. The van der Waals surface area contributed by atoms with Crippen molar-refractivity contribution in [2.24, 2.45) is 68.0 Å². The van der Waals surface area contributed by atoms with Crippen LogP contribution >= 0.6 is 0 Å². The van der Waals surface area contributed by atoms with Crippen molar-refractivity contribution >= 4 is 15.4 Å². The van der Waals surface area contributed by atoms with E-state index in [1.165, 1.54) is 77.0 Å². The molecule has 0 amide bonds. The Labute approximate surface area is 396 Å². The Balaban J connectivity index is -0.000000316. The molecular weight excluding hydrogens is 777 g/mol. The Kier molecular flexibility index (Phi) is 36.9. The molecule has 0 spiro atoms. The molecule has 0 aromatic heterocycles. The molecule has 0 aromatic rings. The average molecular weight is 902 g/mol. The lowest BCUT2D eigenvalue weighted by atomic mass is 9.69. The van der Waals surface area contributed by atoms with Gasteiger partial charge in [-0.25, -0.2) is 0 Å². The summed E-state index contributed by atoms with van der Waals surface area (Å²) in [5, 5.41) is 0. The molecule has 0 aromatic carbocycles. The third-order valence-corrected chi connectivity index (χ3v) is 15.9. The summed E-state index contributed by atoms with van der Waals surface area (Å²) in [7, 11) is -1.68. The van der Waals surface area contributed by atoms with E-state index in [-0.39, 0.29) is 0 Å². The van der Waals surface area contributed by atoms with E-state index in [9.17, 15) is 4.21 Å². The summed E-state index contributed by atoms with van der Waals surface area (Å²) in [5.74, 6) is 10.8. The second-order valence-corrected chi connectivity index (χ2v) is 27.5. The second kappa shape index (κ2) is 33.4. The van der Waals surface area contributed by atoms with E-state index in [2.05, 4.69) is 130 Å². The highest BCUT2D eigenvalue weighted by Crippen LogP contribution is 2.44. The lowest BCUT2D eigenvalue weighted by Gasteiger charge is -2.37. The van der Waals surface area contributed by atoms with E-state index < -0.39 is 9.52 Å². The first-order valence-electron chi connectivity index (χ1n) is 26.8. The normalized spacial score (nSPS) is 24.2. The van der Waals surface area contributed by atoms with Crippen LogP contribution in [0.1, 0.15) is 263 Å². The molecule has 3 aliphatic heterocycles. The molecule has 6 rings (SSSR count). The van der Waals surface area contributed by atoms with Gasteiger partial charge in [-0.2, -0.15) is 0 Å². The van der Waals surface area contributed by atoms with Crippen LogP contribution < -0.4 is 0 Å². The van der Waals surface area contributed by atoms with Gasteiger partial charge in [-0.15, -0.1) is 0 Å². The molecule has 3 aliphatic carbocycles. The minimum absolute atomic E-state index is 0.316. The van der Waals surface area contributed by atoms with Gasteiger partial charge in [0.1, 0.15) is 0 Å². The van der Waals surface area contributed by atoms with Gasteiger partial charge in [-0.1, -0.05) is 199 Å². The Bertz CT molecular complexity index is 1060. The quantitative estimate of drug-likeness (QED) is 0.227. The molecule has 3 saturated carbocycles. The molecule has 3 unspecified atom stereocenters. The predicted octanol–water partition coefficient (Wildman–Crippen LogP) is 18.9. The fourth-order valence-electron chi connectivity index (χ4n) is 8.37. The van der Waals surface area contributed by atoms with Gasteiger partial charge in [0.2, 0.25) is 0 Å². The maximum Gasteiger partial charge on any atom is 0.0500 e. The Morgan fingerprint density at radius 1 is 0.355 bits per heavy atom. The first-order valence-corrected chi connectivity index (χ1v) is 28.9. The fourth-order valence-corrected chi connectivity index (χ4v) is 10.7. The highest BCUT2D eigenvalue weighted by Gasteiger charge is 2.34. The van der Waals surface area contributed by atoms with E-state index in [1.54, 1.807) is 0 Å². The van der Waals surface area contributed by atoms with Crippen molar-refractivity contribution in [2.75, 3.05) is 37.9 Å². The van der Waals surface area contributed by atoms with Crippen LogP contribution in [0.5, 0.6) is 0 Å². The van der Waals surface area contributed by atoms with Crippen LogP contribution in [0.4, 0.5) is 0 Å². The highest BCUT2D eigenvalue weighted by molar-refractivity contribution is 8.00. The van der Waals surface area contributed by atoms with Crippen molar-refractivity contribution in [3.8, 4) is 0 Å². The molecule has 3 saturated heterocycles. The third-order valence-electron chi connectivity index (χ3n) is 13.9. The van der Waals surface area contributed by atoms with Crippen LogP contribution in [0.2, 0.25) is 0 Å². The van der Waals surface area contributed by atoms with Gasteiger partial charge in [0.05, 0.1) is 0 Å². The van der Waals surface area contributed by atoms with Gasteiger partial charge in [0, 0.05) is 37.9 Å². The second-order valence-electron chi connectivity index (χ2n) is 24.8. The Morgan fingerprint density at radius 2 is 0.629 bits per heavy atom. The lowest BCUT2D eigenvalue weighted by Crippen LogP contribution is -2.27. The van der Waals surface area contributed by atoms with E-state index >= 15 is 0 Å². The van der Waals surface area contributed by atoms with Crippen LogP contribution in [-0.4, -0.2) is 48.0 Å². The maximum atomic E-state index is 11.5. The zero-order chi connectivity index (χ0) is 49.8. The molecule has 4 heteroatoms. The van der Waals surface area contributed by atoms with Gasteiger partial charge in [0.15, 0.2) is 0 Å². The van der Waals surface area contributed by atoms with E-state index in [0.717, 1.165) is 73.9 Å². The summed E-state index contributed by atoms with van der Waals surface area (Å²) in [6.07, 6.45) is 18.1. The first-order chi connectivity index (χ1) is 28.3. The molecule has 6 aliphatic rings. The molecule has 0 N–H and O–H groups in total. The van der Waals surface area contributed by atoms with Crippen molar-refractivity contribution in [3.05, 3.63) is 0 Å². The van der Waals surface area contributed by atoms with E-state index in [0.29, 0.717) is 38.4 Å². The summed E-state index contributed by atoms with van der Waals surface area (Å²) in [6.45, 7) is 61.5. The summed E-state index contributed by atoms with van der Waals surface area (Å²) < 4.78 is 22.1. The summed E-state index contributed by atoms with van der Waals surface area (Å²) in [4.78, 5) is 0. The smallest absolute Gasteiger partial charge is 0.0500 e. The molecule has 3 nitrogen and oxygen atoms in total. The fraction of sp³-hybridized carbons (Fsp3) is 0.983.